The number of aryl methyl sites for hydroxylation is 3. The number of aromatic nitrogens is 3. The number of benzene rings is 1. The van der Waals surface area contributed by atoms with Gasteiger partial charge in [0.1, 0.15) is 0 Å². The van der Waals surface area contributed by atoms with Gasteiger partial charge in [-0.1, -0.05) is 17.7 Å². The number of anilines is 2. The molecule has 0 atom stereocenters. The van der Waals surface area contributed by atoms with Crippen LogP contribution in [-0.2, 0) is 0 Å². The highest BCUT2D eigenvalue weighted by Crippen LogP contribution is 2.25. The Bertz CT molecular complexity index is 555. The highest BCUT2D eigenvalue weighted by Gasteiger charge is 2.08. The van der Waals surface area contributed by atoms with Gasteiger partial charge in [-0.2, -0.15) is 15.0 Å². The van der Waals surface area contributed by atoms with E-state index in [0.717, 1.165) is 16.8 Å². The Hall–Kier alpha value is -1.39. The molecular weight excluding hydrogens is 271 g/mol. The van der Waals surface area contributed by atoms with Crippen molar-refractivity contribution in [3.63, 3.8) is 0 Å². The fourth-order valence-electron chi connectivity index (χ4n) is 1.87. The van der Waals surface area contributed by atoms with Crippen LogP contribution in [0.3, 0.4) is 0 Å². The Balaban J connectivity index is 2.40. The van der Waals surface area contributed by atoms with E-state index in [0.29, 0.717) is 5.95 Å². The van der Waals surface area contributed by atoms with Crippen LogP contribution in [0.5, 0.6) is 0 Å². The Morgan fingerprint density at radius 2 is 1.39 bits per heavy atom. The lowest BCUT2D eigenvalue weighted by atomic mass is 10.1. The van der Waals surface area contributed by atoms with Crippen molar-refractivity contribution in [1.29, 1.82) is 0 Å². The van der Waals surface area contributed by atoms with Crippen LogP contribution < -0.4 is 5.32 Å². The van der Waals surface area contributed by atoms with Gasteiger partial charge < -0.3 is 5.32 Å². The summed E-state index contributed by atoms with van der Waals surface area (Å²) in [5.41, 5.74) is 4.39. The summed E-state index contributed by atoms with van der Waals surface area (Å²) in [7, 11) is 0. The van der Waals surface area contributed by atoms with Gasteiger partial charge in [0.15, 0.2) is 0 Å². The zero-order valence-electron chi connectivity index (χ0n) is 10.3. The van der Waals surface area contributed by atoms with Crippen LogP contribution in [0.15, 0.2) is 12.1 Å². The fourth-order valence-corrected chi connectivity index (χ4v) is 2.23. The van der Waals surface area contributed by atoms with Crippen LogP contribution in [0.25, 0.3) is 0 Å². The van der Waals surface area contributed by atoms with E-state index in [-0.39, 0.29) is 10.6 Å². The minimum atomic E-state index is 0.0694. The van der Waals surface area contributed by atoms with Crippen molar-refractivity contribution in [3.05, 3.63) is 39.4 Å². The third-order valence-electron chi connectivity index (χ3n) is 2.49. The first-order chi connectivity index (χ1) is 8.45. The van der Waals surface area contributed by atoms with Crippen molar-refractivity contribution in [1.82, 2.24) is 15.0 Å². The molecule has 0 radical (unpaired) electrons. The van der Waals surface area contributed by atoms with Gasteiger partial charge in [-0.3, -0.25) is 0 Å². The molecule has 0 saturated carbocycles. The van der Waals surface area contributed by atoms with E-state index >= 15 is 0 Å². The standard InChI is InChI=1S/C12H12Cl2N4/c1-6-4-7(2)9(8(3)5-6)15-12-17-10(13)16-11(14)18-12/h4-5H,1-3H3,(H,15,16,17,18). The molecule has 0 bridgehead atoms. The molecule has 0 unspecified atom stereocenters. The minimum Gasteiger partial charge on any atom is -0.324 e. The van der Waals surface area contributed by atoms with Gasteiger partial charge in [-0.15, -0.1) is 0 Å². The zero-order valence-corrected chi connectivity index (χ0v) is 11.8. The van der Waals surface area contributed by atoms with Crippen molar-refractivity contribution in [3.8, 4) is 0 Å². The minimum absolute atomic E-state index is 0.0694. The summed E-state index contributed by atoms with van der Waals surface area (Å²) in [5, 5.41) is 3.26. The van der Waals surface area contributed by atoms with E-state index < -0.39 is 0 Å². The number of hydrogen-bond acceptors (Lipinski definition) is 4. The predicted molar refractivity (Wildman–Crippen MR) is 73.8 cm³/mol. The molecule has 1 aromatic heterocycles. The highest BCUT2D eigenvalue weighted by molar-refractivity contribution is 6.31. The Morgan fingerprint density at radius 1 is 0.889 bits per heavy atom. The second kappa shape index (κ2) is 5.08. The van der Waals surface area contributed by atoms with Gasteiger partial charge in [0.2, 0.25) is 16.5 Å². The number of halogens is 2. The molecular formula is C12H12Cl2N4. The van der Waals surface area contributed by atoms with Crippen LogP contribution in [-0.4, -0.2) is 15.0 Å². The molecule has 18 heavy (non-hydrogen) atoms. The van der Waals surface area contributed by atoms with Gasteiger partial charge >= 0.3 is 0 Å². The van der Waals surface area contributed by atoms with Gasteiger partial charge in [-0.25, -0.2) is 0 Å². The van der Waals surface area contributed by atoms with E-state index in [4.69, 9.17) is 23.2 Å². The monoisotopic (exact) mass is 282 g/mol. The third kappa shape index (κ3) is 2.89. The molecule has 2 rings (SSSR count). The lowest BCUT2D eigenvalue weighted by Crippen LogP contribution is -2.02. The SMILES string of the molecule is Cc1cc(C)c(Nc2nc(Cl)nc(Cl)n2)c(C)c1. The van der Waals surface area contributed by atoms with Crippen LogP contribution in [0.1, 0.15) is 16.7 Å². The summed E-state index contributed by atoms with van der Waals surface area (Å²) >= 11 is 11.5. The highest BCUT2D eigenvalue weighted by atomic mass is 35.5. The summed E-state index contributed by atoms with van der Waals surface area (Å²) in [5.74, 6) is 0.343. The van der Waals surface area contributed by atoms with E-state index in [1.807, 2.05) is 13.8 Å². The van der Waals surface area contributed by atoms with Crippen molar-refractivity contribution in [2.24, 2.45) is 0 Å². The van der Waals surface area contributed by atoms with Crippen LogP contribution >= 0.6 is 23.2 Å². The number of hydrogen-bond donors (Lipinski definition) is 1. The van der Waals surface area contributed by atoms with Gasteiger partial charge in [-0.05, 0) is 55.1 Å². The van der Waals surface area contributed by atoms with Crippen LogP contribution in [0, 0.1) is 20.8 Å². The first kappa shape index (κ1) is 13.1. The van der Waals surface area contributed by atoms with Crippen molar-refractivity contribution in [2.75, 3.05) is 5.32 Å². The van der Waals surface area contributed by atoms with Crippen molar-refractivity contribution < 1.29 is 0 Å². The first-order valence-electron chi connectivity index (χ1n) is 5.37. The average molecular weight is 283 g/mol. The molecule has 0 fully saturated rings. The number of nitrogens with zero attached hydrogens (tertiary/aromatic N) is 3. The second-order valence-electron chi connectivity index (χ2n) is 4.10. The summed E-state index contributed by atoms with van der Waals surface area (Å²) < 4.78 is 0. The molecule has 0 aliphatic carbocycles. The van der Waals surface area contributed by atoms with E-state index in [1.54, 1.807) is 0 Å². The molecule has 1 heterocycles. The molecule has 1 N–H and O–H groups in total. The van der Waals surface area contributed by atoms with E-state index in [2.05, 4.69) is 39.3 Å². The Labute approximate surface area is 115 Å². The molecule has 2 aromatic rings. The molecule has 0 aliphatic rings. The molecule has 0 spiro atoms. The van der Waals surface area contributed by atoms with E-state index in [1.165, 1.54) is 5.56 Å². The van der Waals surface area contributed by atoms with Crippen LogP contribution in [0.2, 0.25) is 10.6 Å². The van der Waals surface area contributed by atoms with Crippen molar-refractivity contribution in [2.45, 2.75) is 20.8 Å². The van der Waals surface area contributed by atoms with Crippen molar-refractivity contribution >= 4 is 34.8 Å². The quantitative estimate of drug-likeness (QED) is 0.909. The number of rotatable bonds is 2. The first-order valence-corrected chi connectivity index (χ1v) is 6.13. The predicted octanol–water partition coefficient (Wildman–Crippen LogP) is 3.85. The maximum Gasteiger partial charge on any atom is 0.232 e. The molecule has 94 valence electrons. The molecule has 4 nitrogen and oxygen atoms in total. The molecule has 1 aromatic carbocycles. The molecule has 0 saturated heterocycles. The third-order valence-corrected chi connectivity index (χ3v) is 2.83. The molecule has 6 heteroatoms. The smallest absolute Gasteiger partial charge is 0.232 e. The van der Waals surface area contributed by atoms with E-state index in [9.17, 15) is 0 Å². The van der Waals surface area contributed by atoms with Gasteiger partial charge in [0.25, 0.3) is 0 Å². The maximum absolute atomic E-state index is 5.73. The summed E-state index contributed by atoms with van der Waals surface area (Å²) in [6.07, 6.45) is 0. The fraction of sp³-hybridized carbons (Fsp3) is 0.250. The van der Waals surface area contributed by atoms with Gasteiger partial charge in [0, 0.05) is 5.69 Å². The normalized spacial score (nSPS) is 10.5. The van der Waals surface area contributed by atoms with Crippen LogP contribution in [0.4, 0.5) is 11.6 Å². The summed E-state index contributed by atoms with van der Waals surface area (Å²) in [6.45, 7) is 6.10. The Morgan fingerprint density at radius 3 is 1.89 bits per heavy atom. The topological polar surface area (TPSA) is 50.7 Å². The zero-order chi connectivity index (χ0) is 13.3. The second-order valence-corrected chi connectivity index (χ2v) is 4.77. The maximum atomic E-state index is 5.73. The molecule has 0 amide bonds. The summed E-state index contributed by atoms with van der Waals surface area (Å²) in [4.78, 5) is 11.7. The Kier molecular flexibility index (Phi) is 3.68. The number of nitrogens with one attached hydrogen (secondary N) is 1. The average Bonchev–Trinajstić information content (AvgIpc) is 2.22. The lowest BCUT2D eigenvalue weighted by molar-refractivity contribution is 1.05. The molecule has 0 aliphatic heterocycles. The largest absolute Gasteiger partial charge is 0.324 e. The summed E-state index contributed by atoms with van der Waals surface area (Å²) in [6, 6.07) is 4.17. The van der Waals surface area contributed by atoms with Gasteiger partial charge in [0.05, 0.1) is 0 Å². The lowest BCUT2D eigenvalue weighted by Gasteiger charge is -2.12.